The summed E-state index contributed by atoms with van der Waals surface area (Å²) in [5.41, 5.74) is 0. The lowest BCUT2D eigenvalue weighted by atomic mass is 10.2. The third kappa shape index (κ3) is 3.30. The average Bonchev–Trinajstić information content (AvgIpc) is 2.76. The van der Waals surface area contributed by atoms with Crippen molar-refractivity contribution < 1.29 is 18.3 Å². The van der Waals surface area contributed by atoms with Crippen molar-refractivity contribution in [3.05, 3.63) is 12.3 Å². The second kappa shape index (κ2) is 5.96. The van der Waals surface area contributed by atoms with Crippen molar-refractivity contribution in [3.8, 4) is 0 Å². The summed E-state index contributed by atoms with van der Waals surface area (Å²) in [4.78, 5) is 10.9. The minimum atomic E-state index is -3.86. The maximum absolute atomic E-state index is 12.0. The Morgan fingerprint density at radius 3 is 2.72 bits per heavy atom. The van der Waals surface area contributed by atoms with Crippen LogP contribution >= 0.6 is 0 Å². The molecule has 1 aromatic heterocycles. The summed E-state index contributed by atoms with van der Waals surface area (Å²) in [5, 5.41) is 12.8. The molecule has 8 heteroatoms. The van der Waals surface area contributed by atoms with Crippen LogP contribution in [0.25, 0.3) is 0 Å². The van der Waals surface area contributed by atoms with Crippen LogP contribution in [0.1, 0.15) is 26.7 Å². The molecule has 0 saturated heterocycles. The molecule has 0 aromatic carbocycles. The third-order valence-electron chi connectivity index (χ3n) is 2.43. The number of nitrogens with one attached hydrogen (secondary N) is 1. The van der Waals surface area contributed by atoms with Gasteiger partial charge in [0, 0.05) is 6.54 Å². The number of aromatic nitrogens is 2. The highest BCUT2D eigenvalue weighted by atomic mass is 32.2. The molecule has 0 fully saturated rings. The Morgan fingerprint density at radius 2 is 2.22 bits per heavy atom. The molecule has 18 heavy (non-hydrogen) atoms. The largest absolute Gasteiger partial charge is 0.480 e. The minimum absolute atomic E-state index is 0.0210. The fourth-order valence-corrected chi connectivity index (χ4v) is 2.96. The van der Waals surface area contributed by atoms with E-state index in [0.29, 0.717) is 13.0 Å². The lowest BCUT2D eigenvalue weighted by Crippen LogP contribution is -2.41. The van der Waals surface area contributed by atoms with E-state index in [9.17, 15) is 13.2 Å². The number of carboxylic acids is 1. The average molecular weight is 275 g/mol. The first-order chi connectivity index (χ1) is 8.42. The number of rotatable bonds is 7. The van der Waals surface area contributed by atoms with Crippen LogP contribution in [0.5, 0.6) is 0 Å². The molecular formula is C10H17N3O4S. The van der Waals surface area contributed by atoms with Crippen LogP contribution in [-0.4, -0.2) is 35.3 Å². The van der Waals surface area contributed by atoms with Gasteiger partial charge in [-0.2, -0.15) is 9.82 Å². The maximum atomic E-state index is 12.0. The second-order valence-electron chi connectivity index (χ2n) is 3.79. The van der Waals surface area contributed by atoms with E-state index in [2.05, 4.69) is 9.82 Å². The molecule has 0 aliphatic heterocycles. The first-order valence-corrected chi connectivity index (χ1v) is 7.17. The summed E-state index contributed by atoms with van der Waals surface area (Å²) in [6, 6.07) is 0.233. The van der Waals surface area contributed by atoms with Gasteiger partial charge in [0.15, 0.2) is 5.03 Å². The highest BCUT2D eigenvalue weighted by molar-refractivity contribution is 7.89. The Balaban J connectivity index is 2.97. The molecule has 0 amide bonds. The molecule has 0 aliphatic rings. The van der Waals surface area contributed by atoms with E-state index in [1.54, 1.807) is 13.8 Å². The zero-order valence-corrected chi connectivity index (χ0v) is 11.1. The number of sulfonamides is 1. The molecule has 1 aromatic rings. The molecule has 7 nitrogen and oxygen atoms in total. The van der Waals surface area contributed by atoms with Gasteiger partial charge in [-0.3, -0.25) is 9.48 Å². The van der Waals surface area contributed by atoms with Gasteiger partial charge in [0.2, 0.25) is 0 Å². The highest BCUT2D eigenvalue weighted by Gasteiger charge is 2.26. The Labute approximate surface area is 106 Å². The number of aliphatic carboxylic acids is 1. The Morgan fingerprint density at radius 1 is 1.56 bits per heavy atom. The summed E-state index contributed by atoms with van der Waals surface area (Å²) < 4.78 is 27.5. The summed E-state index contributed by atoms with van der Waals surface area (Å²) >= 11 is 0. The van der Waals surface area contributed by atoms with Crippen molar-refractivity contribution in [2.24, 2.45) is 0 Å². The van der Waals surface area contributed by atoms with Gasteiger partial charge in [-0.15, -0.1) is 0 Å². The lowest BCUT2D eigenvalue weighted by Gasteiger charge is -2.14. The van der Waals surface area contributed by atoms with Crippen LogP contribution in [0.15, 0.2) is 17.3 Å². The van der Waals surface area contributed by atoms with E-state index >= 15 is 0 Å². The zero-order chi connectivity index (χ0) is 13.8. The zero-order valence-electron chi connectivity index (χ0n) is 10.3. The van der Waals surface area contributed by atoms with Gasteiger partial charge in [0.05, 0.1) is 6.20 Å². The molecule has 102 valence electrons. The van der Waals surface area contributed by atoms with Gasteiger partial charge in [0.25, 0.3) is 10.0 Å². The van der Waals surface area contributed by atoms with Gasteiger partial charge in [0.1, 0.15) is 6.04 Å². The van der Waals surface area contributed by atoms with E-state index < -0.39 is 22.0 Å². The van der Waals surface area contributed by atoms with Crippen molar-refractivity contribution in [3.63, 3.8) is 0 Å². The predicted octanol–water partition coefficient (Wildman–Crippen LogP) is 0.435. The van der Waals surface area contributed by atoms with Crippen LogP contribution in [0.2, 0.25) is 0 Å². The number of aryl methyl sites for hydroxylation is 1. The van der Waals surface area contributed by atoms with Crippen molar-refractivity contribution in [2.75, 3.05) is 0 Å². The summed E-state index contributed by atoms with van der Waals surface area (Å²) in [6.07, 6.45) is 2.19. The van der Waals surface area contributed by atoms with Crippen molar-refractivity contribution >= 4 is 16.0 Å². The van der Waals surface area contributed by atoms with E-state index in [0.717, 1.165) is 0 Å². The number of nitrogens with zero attached hydrogens (tertiary/aromatic N) is 2. The minimum Gasteiger partial charge on any atom is -0.480 e. The Hall–Kier alpha value is -1.41. The molecule has 1 rings (SSSR count). The SMILES string of the molecule is CCCC(NS(=O)(=O)c1ccnn1CC)C(=O)O. The van der Waals surface area contributed by atoms with Crippen molar-refractivity contribution in [2.45, 2.75) is 44.3 Å². The highest BCUT2D eigenvalue weighted by Crippen LogP contribution is 2.10. The van der Waals surface area contributed by atoms with E-state index in [1.165, 1.54) is 16.9 Å². The molecule has 0 saturated carbocycles. The molecule has 0 spiro atoms. The van der Waals surface area contributed by atoms with Crippen LogP contribution in [-0.2, 0) is 21.4 Å². The van der Waals surface area contributed by atoms with E-state index in [4.69, 9.17) is 5.11 Å². The van der Waals surface area contributed by atoms with Crippen LogP contribution < -0.4 is 4.72 Å². The van der Waals surface area contributed by atoms with Gasteiger partial charge in [-0.05, 0) is 19.4 Å². The topological polar surface area (TPSA) is 101 Å². The molecular weight excluding hydrogens is 258 g/mol. The number of hydrogen-bond acceptors (Lipinski definition) is 4. The summed E-state index contributed by atoms with van der Waals surface area (Å²) in [5.74, 6) is -1.18. The molecule has 1 heterocycles. The van der Waals surface area contributed by atoms with Crippen LogP contribution in [0.4, 0.5) is 0 Å². The standard InChI is InChI=1S/C10H17N3O4S/c1-3-5-8(10(14)15)12-18(16,17)9-6-7-11-13(9)4-2/h6-8,12H,3-5H2,1-2H3,(H,14,15). The molecule has 1 atom stereocenters. The molecule has 0 radical (unpaired) electrons. The normalized spacial score (nSPS) is 13.4. The smallest absolute Gasteiger partial charge is 0.321 e. The third-order valence-corrected chi connectivity index (χ3v) is 3.92. The lowest BCUT2D eigenvalue weighted by molar-refractivity contribution is -0.139. The van der Waals surface area contributed by atoms with Crippen molar-refractivity contribution in [1.29, 1.82) is 0 Å². The van der Waals surface area contributed by atoms with Gasteiger partial charge in [-0.1, -0.05) is 13.3 Å². The van der Waals surface area contributed by atoms with Gasteiger partial charge >= 0.3 is 5.97 Å². The fraction of sp³-hybridized carbons (Fsp3) is 0.600. The maximum Gasteiger partial charge on any atom is 0.321 e. The summed E-state index contributed by atoms with van der Waals surface area (Å²) in [7, 11) is -3.86. The molecule has 2 N–H and O–H groups in total. The molecule has 0 aliphatic carbocycles. The molecule has 1 unspecified atom stereocenters. The van der Waals surface area contributed by atoms with Gasteiger partial charge < -0.3 is 5.11 Å². The van der Waals surface area contributed by atoms with Gasteiger partial charge in [-0.25, -0.2) is 8.42 Å². The number of carboxylic acid groups (broad SMARTS) is 1. The number of hydrogen-bond donors (Lipinski definition) is 2. The monoisotopic (exact) mass is 275 g/mol. The Bertz CT molecular complexity index is 509. The fourth-order valence-electron chi connectivity index (χ4n) is 1.56. The number of carbonyl (C=O) groups is 1. The first-order valence-electron chi connectivity index (χ1n) is 5.69. The van der Waals surface area contributed by atoms with E-state index in [1.807, 2.05) is 0 Å². The second-order valence-corrected chi connectivity index (χ2v) is 5.45. The molecule has 0 bridgehead atoms. The quantitative estimate of drug-likeness (QED) is 0.751. The Kier molecular flexibility index (Phi) is 4.85. The first kappa shape index (κ1) is 14.7. The van der Waals surface area contributed by atoms with Crippen LogP contribution in [0.3, 0.4) is 0 Å². The van der Waals surface area contributed by atoms with Crippen LogP contribution in [0, 0.1) is 0 Å². The summed E-state index contributed by atoms with van der Waals surface area (Å²) in [6.45, 7) is 3.95. The van der Waals surface area contributed by atoms with E-state index in [-0.39, 0.29) is 11.4 Å². The van der Waals surface area contributed by atoms with Crippen molar-refractivity contribution in [1.82, 2.24) is 14.5 Å². The predicted molar refractivity (Wildman–Crippen MR) is 64.6 cm³/mol.